The first kappa shape index (κ1) is 18.2. The zero-order valence-electron chi connectivity index (χ0n) is 16.6. The lowest BCUT2D eigenvalue weighted by molar-refractivity contribution is -0.126. The molecule has 1 N–H and O–H groups in total. The van der Waals surface area contributed by atoms with Crippen molar-refractivity contribution < 1.29 is 4.79 Å². The van der Waals surface area contributed by atoms with Crippen LogP contribution < -0.4 is 5.32 Å². The third-order valence-corrected chi connectivity index (χ3v) is 8.08. The molecule has 5 nitrogen and oxygen atoms in total. The lowest BCUT2D eigenvalue weighted by Crippen LogP contribution is -2.60. The molecule has 4 saturated carbocycles. The van der Waals surface area contributed by atoms with Crippen LogP contribution in [0.1, 0.15) is 45.4 Å². The molecule has 4 bridgehead atoms. The van der Waals surface area contributed by atoms with Gasteiger partial charge >= 0.3 is 0 Å². The maximum Gasteiger partial charge on any atom is 0.233 e. The van der Waals surface area contributed by atoms with Gasteiger partial charge in [0.1, 0.15) is 0 Å². The summed E-state index contributed by atoms with van der Waals surface area (Å²) in [6.45, 7) is 1.98. The van der Waals surface area contributed by atoms with Crippen LogP contribution in [0.3, 0.4) is 0 Å². The summed E-state index contributed by atoms with van der Waals surface area (Å²) in [6, 6.07) is 10.0. The zero-order valence-corrected chi connectivity index (χ0v) is 17.4. The SMILES string of the molecule is CC(Sc1nnc(-c2ccccc2)n1C)C(=O)NC12CC3CC(CC(C3)C1)C2. The van der Waals surface area contributed by atoms with Gasteiger partial charge in [0.2, 0.25) is 5.91 Å². The number of aromatic nitrogens is 3. The number of carbonyl (C=O) groups is 1. The highest BCUT2D eigenvalue weighted by Crippen LogP contribution is 2.55. The van der Waals surface area contributed by atoms with Crippen molar-refractivity contribution in [1.29, 1.82) is 0 Å². The highest BCUT2D eigenvalue weighted by atomic mass is 32.2. The number of nitrogens with zero attached hydrogens (tertiary/aromatic N) is 3. The fourth-order valence-electron chi connectivity index (χ4n) is 6.09. The molecule has 4 fully saturated rings. The molecule has 1 amide bonds. The van der Waals surface area contributed by atoms with E-state index in [4.69, 9.17) is 0 Å². The molecule has 148 valence electrons. The topological polar surface area (TPSA) is 59.8 Å². The summed E-state index contributed by atoms with van der Waals surface area (Å²) >= 11 is 1.50. The average Bonchev–Trinajstić information content (AvgIpc) is 3.01. The summed E-state index contributed by atoms with van der Waals surface area (Å²) < 4.78 is 1.98. The number of thioether (sulfide) groups is 1. The molecule has 28 heavy (non-hydrogen) atoms. The number of hydrogen-bond acceptors (Lipinski definition) is 4. The second-order valence-electron chi connectivity index (χ2n) is 9.18. The van der Waals surface area contributed by atoms with Gasteiger partial charge in [-0.2, -0.15) is 0 Å². The molecule has 6 rings (SSSR count). The molecule has 4 aliphatic carbocycles. The van der Waals surface area contributed by atoms with Gasteiger partial charge in [0.05, 0.1) is 5.25 Å². The van der Waals surface area contributed by atoms with Crippen LogP contribution >= 0.6 is 11.8 Å². The van der Waals surface area contributed by atoms with E-state index in [0.717, 1.165) is 34.3 Å². The fraction of sp³-hybridized carbons (Fsp3) is 0.591. The number of nitrogens with one attached hydrogen (secondary N) is 1. The molecule has 1 aromatic carbocycles. The molecule has 2 aromatic rings. The number of carbonyl (C=O) groups excluding carboxylic acids is 1. The Hall–Kier alpha value is -1.82. The molecule has 0 radical (unpaired) electrons. The lowest BCUT2D eigenvalue weighted by atomic mass is 9.53. The Morgan fingerprint density at radius 1 is 1.11 bits per heavy atom. The molecule has 1 unspecified atom stereocenters. The van der Waals surface area contributed by atoms with Gasteiger partial charge in [-0.05, 0) is 63.2 Å². The largest absolute Gasteiger partial charge is 0.350 e. The van der Waals surface area contributed by atoms with E-state index in [2.05, 4.69) is 15.5 Å². The van der Waals surface area contributed by atoms with Crippen molar-refractivity contribution in [2.45, 2.75) is 61.4 Å². The van der Waals surface area contributed by atoms with Crippen molar-refractivity contribution in [3.63, 3.8) is 0 Å². The highest BCUT2D eigenvalue weighted by Gasteiger charge is 2.51. The Morgan fingerprint density at radius 2 is 1.71 bits per heavy atom. The molecular weight excluding hydrogens is 368 g/mol. The van der Waals surface area contributed by atoms with Crippen molar-refractivity contribution >= 4 is 17.7 Å². The van der Waals surface area contributed by atoms with E-state index in [0.29, 0.717) is 0 Å². The number of benzene rings is 1. The van der Waals surface area contributed by atoms with E-state index in [9.17, 15) is 4.79 Å². The monoisotopic (exact) mass is 396 g/mol. The highest BCUT2D eigenvalue weighted by molar-refractivity contribution is 8.00. The third-order valence-electron chi connectivity index (χ3n) is 6.94. The van der Waals surface area contributed by atoms with Crippen molar-refractivity contribution in [2.24, 2.45) is 24.8 Å². The Bertz CT molecular complexity index is 843. The van der Waals surface area contributed by atoms with Gasteiger partial charge in [-0.15, -0.1) is 10.2 Å². The second-order valence-corrected chi connectivity index (χ2v) is 10.5. The minimum atomic E-state index is -0.181. The van der Waals surface area contributed by atoms with Crippen LogP contribution in [0.4, 0.5) is 0 Å². The summed E-state index contributed by atoms with van der Waals surface area (Å²) in [5.41, 5.74) is 1.10. The molecule has 1 aromatic heterocycles. The number of rotatable bonds is 5. The van der Waals surface area contributed by atoms with Crippen LogP contribution in [-0.4, -0.2) is 31.5 Å². The zero-order chi connectivity index (χ0) is 19.3. The van der Waals surface area contributed by atoms with Crippen LogP contribution in [-0.2, 0) is 11.8 Å². The van der Waals surface area contributed by atoms with Gasteiger partial charge in [-0.1, -0.05) is 42.1 Å². The van der Waals surface area contributed by atoms with Crippen molar-refractivity contribution in [3.05, 3.63) is 30.3 Å². The lowest BCUT2D eigenvalue weighted by Gasteiger charge is -2.57. The molecule has 1 atom stereocenters. The standard InChI is InChI=1S/C22H28N4OS/c1-14(28-21-25-24-19(26(21)2)18-6-4-3-5-7-18)20(27)23-22-11-15-8-16(12-22)10-17(9-15)13-22/h3-7,14-17H,8-13H2,1-2H3,(H,23,27). The summed E-state index contributed by atoms with van der Waals surface area (Å²) in [5.74, 6) is 3.48. The molecule has 1 heterocycles. The normalized spacial score (nSPS) is 31.7. The Morgan fingerprint density at radius 3 is 2.32 bits per heavy atom. The van der Waals surface area contributed by atoms with Gasteiger partial charge in [0.25, 0.3) is 0 Å². The van der Waals surface area contributed by atoms with E-state index < -0.39 is 0 Å². The predicted molar refractivity (Wildman–Crippen MR) is 111 cm³/mol. The minimum Gasteiger partial charge on any atom is -0.350 e. The molecule has 4 aliphatic rings. The average molecular weight is 397 g/mol. The van der Waals surface area contributed by atoms with E-state index >= 15 is 0 Å². The minimum absolute atomic E-state index is 0.0652. The van der Waals surface area contributed by atoms with Crippen molar-refractivity contribution in [2.75, 3.05) is 0 Å². The third kappa shape index (κ3) is 3.25. The Kier molecular flexibility index (Phi) is 4.49. The summed E-state index contributed by atoms with van der Waals surface area (Å²) in [6.07, 6.45) is 7.72. The van der Waals surface area contributed by atoms with Gasteiger partial charge in [0, 0.05) is 18.2 Å². The number of amides is 1. The van der Waals surface area contributed by atoms with Crippen LogP contribution in [0.25, 0.3) is 11.4 Å². The van der Waals surface area contributed by atoms with Crippen LogP contribution in [0, 0.1) is 17.8 Å². The maximum absolute atomic E-state index is 13.0. The molecule has 6 heteroatoms. The summed E-state index contributed by atoms with van der Waals surface area (Å²) in [5, 5.41) is 12.8. The van der Waals surface area contributed by atoms with Crippen molar-refractivity contribution in [3.8, 4) is 11.4 Å². The smallest absolute Gasteiger partial charge is 0.233 e. The summed E-state index contributed by atoms with van der Waals surface area (Å²) in [7, 11) is 1.97. The fourth-order valence-corrected chi connectivity index (χ4v) is 6.91. The van der Waals surface area contributed by atoms with E-state index in [-0.39, 0.29) is 16.7 Å². The molecule has 0 saturated heterocycles. The number of hydrogen-bond donors (Lipinski definition) is 1. The first-order chi connectivity index (χ1) is 13.5. The van der Waals surface area contributed by atoms with E-state index in [1.165, 1.54) is 50.3 Å². The quantitative estimate of drug-likeness (QED) is 0.775. The Labute approximate surface area is 170 Å². The second kappa shape index (κ2) is 6.90. The van der Waals surface area contributed by atoms with Crippen molar-refractivity contribution in [1.82, 2.24) is 20.1 Å². The van der Waals surface area contributed by atoms with Gasteiger partial charge in [-0.25, -0.2) is 0 Å². The maximum atomic E-state index is 13.0. The van der Waals surface area contributed by atoms with Gasteiger partial charge in [-0.3, -0.25) is 4.79 Å². The predicted octanol–water partition coefficient (Wildman–Crippen LogP) is 4.05. The Balaban J connectivity index is 1.27. The van der Waals surface area contributed by atoms with Crippen LogP contribution in [0.5, 0.6) is 0 Å². The first-order valence-electron chi connectivity index (χ1n) is 10.4. The first-order valence-corrected chi connectivity index (χ1v) is 11.3. The molecule has 0 spiro atoms. The van der Waals surface area contributed by atoms with Gasteiger partial charge < -0.3 is 9.88 Å². The molecule has 0 aliphatic heterocycles. The summed E-state index contributed by atoms with van der Waals surface area (Å²) in [4.78, 5) is 13.0. The van der Waals surface area contributed by atoms with Crippen LogP contribution in [0.2, 0.25) is 0 Å². The molecular formula is C22H28N4OS. The van der Waals surface area contributed by atoms with E-state index in [1.54, 1.807) is 0 Å². The van der Waals surface area contributed by atoms with Gasteiger partial charge in [0.15, 0.2) is 11.0 Å². The van der Waals surface area contributed by atoms with E-state index in [1.807, 2.05) is 48.9 Å². The van der Waals surface area contributed by atoms with Crippen LogP contribution in [0.15, 0.2) is 35.5 Å².